The molecule has 1 aromatic carbocycles. The molecule has 0 spiro atoms. The van der Waals surface area contributed by atoms with Crippen LogP contribution in [-0.2, 0) is 0 Å². The molecule has 0 fully saturated rings. The van der Waals surface area contributed by atoms with Crippen LogP contribution < -0.4 is 0 Å². The van der Waals surface area contributed by atoms with Crippen LogP contribution in [0.4, 0.5) is 8.78 Å². The first-order valence-corrected chi connectivity index (χ1v) is 5.39. The van der Waals surface area contributed by atoms with Gasteiger partial charge in [-0.2, -0.15) is 0 Å². The zero-order valence-electron chi connectivity index (χ0n) is 6.80. The second-order valence-electron chi connectivity index (χ2n) is 2.80. The number of rotatable bonds is 1. The number of halogens is 3. The second-order valence-corrected chi connectivity index (χ2v) is 5.26. The quantitative estimate of drug-likeness (QED) is 0.824. The highest BCUT2D eigenvalue weighted by Crippen LogP contribution is 2.37. The van der Waals surface area contributed by atoms with E-state index in [1.165, 1.54) is 23.5 Å². The van der Waals surface area contributed by atoms with E-state index in [1.54, 1.807) is 6.07 Å². The maximum absolute atomic E-state index is 12.4. The Morgan fingerprint density at radius 2 is 2.00 bits per heavy atom. The highest BCUT2D eigenvalue weighted by atomic mass is 79.9. The van der Waals surface area contributed by atoms with Crippen LogP contribution in [0.5, 0.6) is 5.75 Å². The summed E-state index contributed by atoms with van der Waals surface area (Å²) in [5, 5.41) is 10.1. The van der Waals surface area contributed by atoms with Gasteiger partial charge in [0.15, 0.2) is 0 Å². The number of benzene rings is 1. The molecule has 74 valence electrons. The van der Waals surface area contributed by atoms with Crippen LogP contribution in [0.3, 0.4) is 0 Å². The minimum Gasteiger partial charge on any atom is -0.507 e. The third-order valence-electron chi connectivity index (χ3n) is 1.87. The van der Waals surface area contributed by atoms with Gasteiger partial charge in [0.05, 0.1) is 9.35 Å². The molecular weight excluding hydrogens is 274 g/mol. The van der Waals surface area contributed by atoms with Crippen molar-refractivity contribution < 1.29 is 13.9 Å². The van der Waals surface area contributed by atoms with E-state index in [2.05, 4.69) is 15.9 Å². The number of aromatic hydroxyl groups is 1. The van der Waals surface area contributed by atoms with E-state index in [0.29, 0.717) is 0 Å². The summed E-state index contributed by atoms with van der Waals surface area (Å²) in [4.78, 5) is 0. The molecule has 1 nitrogen and oxygen atoms in total. The van der Waals surface area contributed by atoms with Crippen molar-refractivity contribution in [3.05, 3.63) is 27.5 Å². The first-order chi connectivity index (χ1) is 6.58. The Kier molecular flexibility index (Phi) is 2.45. The molecule has 1 heterocycles. The van der Waals surface area contributed by atoms with Crippen LogP contribution in [0.1, 0.15) is 12.0 Å². The summed E-state index contributed by atoms with van der Waals surface area (Å²) in [5.41, 5.74) is -0.313. The summed E-state index contributed by atoms with van der Waals surface area (Å²) >= 11 is 4.62. The zero-order valence-corrected chi connectivity index (χ0v) is 9.20. The first-order valence-electron chi connectivity index (χ1n) is 3.78. The molecule has 0 atom stereocenters. The molecule has 2 rings (SSSR count). The van der Waals surface area contributed by atoms with Crippen molar-refractivity contribution in [3.8, 4) is 5.75 Å². The largest absolute Gasteiger partial charge is 0.507 e. The number of fused-ring (bicyclic) bond motifs is 1. The Hall–Kier alpha value is -0.680. The van der Waals surface area contributed by atoms with Gasteiger partial charge in [-0.1, -0.05) is 0 Å². The van der Waals surface area contributed by atoms with Gasteiger partial charge in [0.2, 0.25) is 0 Å². The van der Waals surface area contributed by atoms with Crippen molar-refractivity contribution in [1.29, 1.82) is 0 Å². The molecule has 1 aromatic heterocycles. The van der Waals surface area contributed by atoms with Crippen LogP contribution in [0, 0.1) is 0 Å². The first kappa shape index (κ1) is 9.86. The van der Waals surface area contributed by atoms with Crippen LogP contribution >= 0.6 is 27.3 Å². The van der Waals surface area contributed by atoms with Crippen molar-refractivity contribution in [2.45, 2.75) is 6.43 Å². The summed E-state index contributed by atoms with van der Waals surface area (Å²) in [6, 6.07) is 4.47. The van der Waals surface area contributed by atoms with Gasteiger partial charge >= 0.3 is 0 Å². The minimum atomic E-state index is -2.64. The second kappa shape index (κ2) is 3.47. The highest BCUT2D eigenvalue weighted by molar-refractivity contribution is 9.11. The van der Waals surface area contributed by atoms with Crippen molar-refractivity contribution in [2.24, 2.45) is 0 Å². The highest BCUT2D eigenvalue weighted by Gasteiger charge is 2.14. The third-order valence-corrected chi connectivity index (χ3v) is 3.47. The van der Waals surface area contributed by atoms with Crippen LogP contribution in [0.25, 0.3) is 10.1 Å². The molecule has 0 aliphatic heterocycles. The average molecular weight is 279 g/mol. The van der Waals surface area contributed by atoms with Crippen molar-refractivity contribution >= 4 is 37.4 Å². The summed E-state index contributed by atoms with van der Waals surface area (Å²) in [6.07, 6.45) is -2.64. The van der Waals surface area contributed by atoms with Gasteiger partial charge in [-0.25, -0.2) is 8.78 Å². The lowest BCUT2D eigenvalue weighted by Crippen LogP contribution is -1.83. The SMILES string of the molecule is Oc1cc2cc(Br)sc2cc1C(F)F. The Labute approximate surface area is 91.1 Å². The van der Waals surface area contributed by atoms with E-state index >= 15 is 0 Å². The van der Waals surface area contributed by atoms with E-state index in [1.807, 2.05) is 0 Å². The average Bonchev–Trinajstić information content (AvgIpc) is 2.42. The molecule has 0 aliphatic rings. The molecule has 0 unspecified atom stereocenters. The zero-order chi connectivity index (χ0) is 10.3. The predicted octanol–water partition coefficient (Wildman–Crippen LogP) is 4.31. The van der Waals surface area contributed by atoms with Gasteiger partial charge in [0.25, 0.3) is 6.43 Å². The molecule has 0 saturated carbocycles. The maximum Gasteiger partial charge on any atom is 0.267 e. The Morgan fingerprint density at radius 1 is 1.29 bits per heavy atom. The summed E-state index contributed by atoms with van der Waals surface area (Å²) < 4.78 is 26.4. The van der Waals surface area contributed by atoms with Crippen molar-refractivity contribution in [2.75, 3.05) is 0 Å². The van der Waals surface area contributed by atoms with Gasteiger partial charge in [0, 0.05) is 4.70 Å². The number of thiophene rings is 1. The van der Waals surface area contributed by atoms with Gasteiger partial charge in [-0.3, -0.25) is 0 Å². The molecule has 0 aliphatic carbocycles. The van der Waals surface area contributed by atoms with Crippen LogP contribution in [0.2, 0.25) is 0 Å². The summed E-state index contributed by atoms with van der Waals surface area (Å²) in [5.74, 6) is -0.349. The van der Waals surface area contributed by atoms with Gasteiger partial charge < -0.3 is 5.11 Å². The molecule has 0 saturated heterocycles. The number of alkyl halides is 2. The van der Waals surface area contributed by atoms with Crippen molar-refractivity contribution in [1.82, 2.24) is 0 Å². The molecule has 0 radical (unpaired) electrons. The number of phenols is 1. The lowest BCUT2D eigenvalue weighted by molar-refractivity contribution is 0.147. The Bertz CT molecular complexity index is 481. The number of hydrogen-bond acceptors (Lipinski definition) is 2. The Balaban J connectivity index is 2.70. The smallest absolute Gasteiger partial charge is 0.267 e. The molecule has 0 bridgehead atoms. The molecular formula is C9H5BrF2OS. The monoisotopic (exact) mass is 278 g/mol. The van der Waals surface area contributed by atoms with Gasteiger partial charge in [-0.05, 0) is 39.5 Å². The lowest BCUT2D eigenvalue weighted by atomic mass is 10.1. The van der Waals surface area contributed by atoms with E-state index in [4.69, 9.17) is 0 Å². The fourth-order valence-corrected chi connectivity index (χ4v) is 2.82. The maximum atomic E-state index is 12.4. The number of hydrogen-bond donors (Lipinski definition) is 1. The predicted molar refractivity (Wildman–Crippen MR) is 56.1 cm³/mol. The van der Waals surface area contributed by atoms with E-state index in [0.717, 1.165) is 13.9 Å². The third kappa shape index (κ3) is 1.62. The molecule has 2 aromatic rings. The van der Waals surface area contributed by atoms with Gasteiger partial charge in [0.1, 0.15) is 5.75 Å². The summed E-state index contributed by atoms with van der Waals surface area (Å²) in [7, 11) is 0. The van der Waals surface area contributed by atoms with Crippen molar-refractivity contribution in [3.63, 3.8) is 0 Å². The summed E-state index contributed by atoms with van der Waals surface area (Å²) in [6.45, 7) is 0. The molecule has 14 heavy (non-hydrogen) atoms. The minimum absolute atomic E-state index is 0.313. The van der Waals surface area contributed by atoms with Crippen LogP contribution in [0.15, 0.2) is 22.0 Å². The topological polar surface area (TPSA) is 20.2 Å². The van der Waals surface area contributed by atoms with Gasteiger partial charge in [-0.15, -0.1) is 11.3 Å². The van der Waals surface area contributed by atoms with Crippen LogP contribution in [-0.4, -0.2) is 5.11 Å². The van der Waals surface area contributed by atoms with E-state index < -0.39 is 6.43 Å². The fourth-order valence-electron chi connectivity index (χ4n) is 1.23. The normalized spacial score (nSPS) is 11.4. The standard InChI is InChI=1S/C9H5BrF2OS/c10-8-2-4-1-6(13)5(9(11)12)3-7(4)14-8/h1-3,9,13H. The Morgan fingerprint density at radius 3 is 2.64 bits per heavy atom. The molecule has 0 amide bonds. The fraction of sp³-hybridized carbons (Fsp3) is 0.111. The lowest BCUT2D eigenvalue weighted by Gasteiger charge is -2.02. The number of phenolic OH excluding ortho intramolecular Hbond substituents is 1. The molecule has 5 heteroatoms. The van der Waals surface area contributed by atoms with E-state index in [-0.39, 0.29) is 11.3 Å². The van der Waals surface area contributed by atoms with E-state index in [9.17, 15) is 13.9 Å². The molecule has 1 N–H and O–H groups in total.